The molecule has 1 N–H and O–H groups in total. The van der Waals surface area contributed by atoms with Crippen LogP contribution >= 0.6 is 0 Å². The number of benzene rings is 1. The first-order valence-electron chi connectivity index (χ1n) is 3.53. The molecule has 0 aliphatic rings. The number of aromatic hydroxyl groups is 1. The van der Waals surface area contributed by atoms with E-state index < -0.39 is 23.2 Å². The zero-order chi connectivity index (χ0) is 10.0. The molecule has 0 aromatic heterocycles. The average molecular weight is 188 g/mol. The highest BCUT2D eigenvalue weighted by atomic mass is 19.2. The van der Waals surface area contributed by atoms with Gasteiger partial charge in [-0.1, -0.05) is 0 Å². The number of halogens is 3. The van der Waals surface area contributed by atoms with Crippen LogP contribution in [0.2, 0.25) is 0 Å². The summed E-state index contributed by atoms with van der Waals surface area (Å²) in [5.74, 6) is -3.72. The van der Waals surface area contributed by atoms with Crippen LogP contribution in [-0.4, -0.2) is 5.11 Å². The van der Waals surface area contributed by atoms with Crippen LogP contribution in [0.4, 0.5) is 13.2 Å². The summed E-state index contributed by atoms with van der Waals surface area (Å²) < 4.78 is 37.8. The van der Waals surface area contributed by atoms with E-state index >= 15 is 0 Å². The highest BCUT2D eigenvalue weighted by molar-refractivity contribution is 5.61. The minimum absolute atomic E-state index is 0.227. The fourth-order valence-electron chi connectivity index (χ4n) is 0.842. The maximum Gasteiger partial charge on any atom is 0.165 e. The SMILES string of the molecule is CC(F)=C(F)c1ccc(O)c(F)c1. The number of hydrogen-bond acceptors (Lipinski definition) is 1. The van der Waals surface area contributed by atoms with Crippen molar-refractivity contribution in [1.29, 1.82) is 0 Å². The van der Waals surface area contributed by atoms with Crippen molar-refractivity contribution in [3.63, 3.8) is 0 Å². The second kappa shape index (κ2) is 3.51. The predicted octanol–water partition coefficient (Wildman–Crippen LogP) is 3.16. The van der Waals surface area contributed by atoms with Gasteiger partial charge in [-0.3, -0.25) is 0 Å². The Morgan fingerprint density at radius 1 is 1.31 bits per heavy atom. The molecule has 0 amide bonds. The minimum atomic E-state index is -1.13. The largest absolute Gasteiger partial charge is 0.505 e. The zero-order valence-corrected chi connectivity index (χ0v) is 6.81. The highest BCUT2D eigenvalue weighted by Crippen LogP contribution is 2.24. The molecule has 13 heavy (non-hydrogen) atoms. The second-order valence-electron chi connectivity index (χ2n) is 2.51. The monoisotopic (exact) mass is 188 g/mol. The molecular formula is C9H7F3O. The van der Waals surface area contributed by atoms with Crippen LogP contribution in [0.5, 0.6) is 5.75 Å². The van der Waals surface area contributed by atoms with Crippen molar-refractivity contribution in [2.45, 2.75) is 6.92 Å². The molecule has 0 spiro atoms. The van der Waals surface area contributed by atoms with Crippen LogP contribution in [0.1, 0.15) is 12.5 Å². The summed E-state index contributed by atoms with van der Waals surface area (Å²) in [7, 11) is 0. The third kappa shape index (κ3) is 2.02. The van der Waals surface area contributed by atoms with Crippen LogP contribution in [0, 0.1) is 5.82 Å². The summed E-state index contributed by atoms with van der Waals surface area (Å²) in [6, 6.07) is 2.79. The molecule has 0 aliphatic carbocycles. The van der Waals surface area contributed by atoms with Gasteiger partial charge >= 0.3 is 0 Å². The van der Waals surface area contributed by atoms with Crippen LogP contribution in [0.15, 0.2) is 24.0 Å². The molecule has 0 atom stereocenters. The Hall–Kier alpha value is -1.45. The van der Waals surface area contributed by atoms with Crippen molar-refractivity contribution >= 4 is 5.83 Å². The standard InChI is InChI=1S/C9H7F3O/c1-5(10)9(12)6-2-3-8(13)7(11)4-6/h2-4,13H,1H3. The van der Waals surface area contributed by atoms with Gasteiger partial charge in [-0.25, -0.2) is 13.2 Å². The van der Waals surface area contributed by atoms with E-state index in [-0.39, 0.29) is 5.56 Å². The molecule has 4 heteroatoms. The first-order chi connectivity index (χ1) is 6.02. The molecule has 1 rings (SSSR count). The number of phenols is 1. The Balaban J connectivity index is 3.19. The normalized spacial score (nSPS) is 12.6. The molecule has 1 aromatic rings. The molecule has 1 aromatic carbocycles. The molecule has 0 fully saturated rings. The van der Waals surface area contributed by atoms with E-state index in [1.54, 1.807) is 0 Å². The van der Waals surface area contributed by atoms with Gasteiger partial charge in [0.15, 0.2) is 17.4 Å². The lowest BCUT2D eigenvalue weighted by Crippen LogP contribution is -1.83. The van der Waals surface area contributed by atoms with E-state index in [9.17, 15) is 13.2 Å². The van der Waals surface area contributed by atoms with E-state index in [1.165, 1.54) is 0 Å². The fourth-order valence-corrected chi connectivity index (χ4v) is 0.842. The van der Waals surface area contributed by atoms with E-state index in [0.29, 0.717) is 0 Å². The Morgan fingerprint density at radius 2 is 1.92 bits per heavy atom. The number of hydrogen-bond donors (Lipinski definition) is 1. The topological polar surface area (TPSA) is 20.2 Å². The Morgan fingerprint density at radius 3 is 2.38 bits per heavy atom. The molecule has 0 saturated carbocycles. The van der Waals surface area contributed by atoms with Crippen molar-refractivity contribution in [2.75, 3.05) is 0 Å². The lowest BCUT2D eigenvalue weighted by Gasteiger charge is -1.99. The lowest BCUT2D eigenvalue weighted by atomic mass is 10.2. The Bertz CT molecular complexity index is 354. The van der Waals surface area contributed by atoms with E-state index in [1.807, 2.05) is 0 Å². The third-order valence-corrected chi connectivity index (χ3v) is 1.50. The van der Waals surface area contributed by atoms with Gasteiger partial charge in [0.25, 0.3) is 0 Å². The highest BCUT2D eigenvalue weighted by Gasteiger charge is 2.08. The quantitative estimate of drug-likeness (QED) is 0.717. The van der Waals surface area contributed by atoms with Gasteiger partial charge in [0.2, 0.25) is 0 Å². The van der Waals surface area contributed by atoms with Crippen LogP contribution in [0.25, 0.3) is 5.83 Å². The Labute approximate surface area is 73.1 Å². The molecule has 0 bridgehead atoms. The third-order valence-electron chi connectivity index (χ3n) is 1.50. The van der Waals surface area contributed by atoms with Gasteiger partial charge in [-0.15, -0.1) is 0 Å². The van der Waals surface area contributed by atoms with Gasteiger partial charge in [0.05, 0.1) is 0 Å². The summed E-state index contributed by atoms with van der Waals surface area (Å²) in [6.07, 6.45) is 0. The molecular weight excluding hydrogens is 181 g/mol. The van der Waals surface area contributed by atoms with Gasteiger partial charge < -0.3 is 5.11 Å². The first-order valence-corrected chi connectivity index (χ1v) is 3.53. The average Bonchev–Trinajstić information content (AvgIpc) is 2.08. The van der Waals surface area contributed by atoms with Crippen molar-refractivity contribution in [2.24, 2.45) is 0 Å². The maximum absolute atomic E-state index is 12.8. The van der Waals surface area contributed by atoms with Gasteiger partial charge in [-0.2, -0.15) is 0 Å². The van der Waals surface area contributed by atoms with Crippen molar-refractivity contribution < 1.29 is 18.3 Å². The number of phenolic OH excluding ortho intramolecular Hbond substituents is 1. The molecule has 1 nitrogen and oxygen atoms in total. The molecule has 0 heterocycles. The molecule has 70 valence electrons. The van der Waals surface area contributed by atoms with Gasteiger partial charge in [0, 0.05) is 5.56 Å². The zero-order valence-electron chi connectivity index (χ0n) is 6.81. The summed E-state index contributed by atoms with van der Waals surface area (Å²) in [5, 5.41) is 8.76. The van der Waals surface area contributed by atoms with Crippen molar-refractivity contribution in [1.82, 2.24) is 0 Å². The van der Waals surface area contributed by atoms with Gasteiger partial charge in [0.1, 0.15) is 5.83 Å². The Kier molecular flexibility index (Phi) is 2.60. The van der Waals surface area contributed by atoms with Crippen LogP contribution in [0.3, 0.4) is 0 Å². The second-order valence-corrected chi connectivity index (χ2v) is 2.51. The number of rotatable bonds is 1. The summed E-state index contributed by atoms with van der Waals surface area (Å²) in [5.41, 5.74) is -0.227. The molecule has 0 aliphatic heterocycles. The fraction of sp³-hybridized carbons (Fsp3) is 0.111. The predicted molar refractivity (Wildman–Crippen MR) is 42.9 cm³/mol. The summed E-state index contributed by atoms with van der Waals surface area (Å²) in [4.78, 5) is 0. The first kappa shape index (κ1) is 9.64. The maximum atomic E-state index is 12.8. The number of allylic oxidation sites excluding steroid dienone is 1. The molecule has 0 saturated heterocycles. The lowest BCUT2D eigenvalue weighted by molar-refractivity contribution is 0.432. The van der Waals surface area contributed by atoms with E-state index in [4.69, 9.17) is 5.11 Å². The van der Waals surface area contributed by atoms with Crippen LogP contribution in [-0.2, 0) is 0 Å². The molecule has 0 unspecified atom stereocenters. The van der Waals surface area contributed by atoms with E-state index in [2.05, 4.69) is 0 Å². The smallest absolute Gasteiger partial charge is 0.165 e. The minimum Gasteiger partial charge on any atom is -0.505 e. The molecule has 0 radical (unpaired) electrons. The van der Waals surface area contributed by atoms with Gasteiger partial charge in [-0.05, 0) is 25.1 Å². The summed E-state index contributed by atoms with van der Waals surface area (Å²) in [6.45, 7) is 0.931. The van der Waals surface area contributed by atoms with Crippen molar-refractivity contribution in [3.05, 3.63) is 35.4 Å². The summed E-state index contributed by atoms with van der Waals surface area (Å²) >= 11 is 0. The van der Waals surface area contributed by atoms with Crippen molar-refractivity contribution in [3.8, 4) is 5.75 Å². The van der Waals surface area contributed by atoms with Crippen LogP contribution < -0.4 is 0 Å². The van der Waals surface area contributed by atoms with E-state index in [0.717, 1.165) is 25.1 Å².